The molecular weight excluding hydrogens is 264 g/mol. The van der Waals surface area contributed by atoms with Crippen molar-refractivity contribution in [1.82, 2.24) is 5.32 Å². The summed E-state index contributed by atoms with van der Waals surface area (Å²) in [7, 11) is 0. The summed E-state index contributed by atoms with van der Waals surface area (Å²) in [6.07, 6.45) is 0. The topological polar surface area (TPSA) is 90.2 Å². The molecule has 2 N–H and O–H groups in total. The lowest BCUT2D eigenvalue weighted by atomic mass is 10.2. The van der Waals surface area contributed by atoms with E-state index in [4.69, 9.17) is 10.4 Å². The van der Waals surface area contributed by atoms with E-state index in [1.54, 1.807) is 12.1 Å². The number of amides is 1. The second-order valence-corrected chi connectivity index (χ2v) is 4.95. The number of thioether (sulfide) groups is 1. The lowest BCUT2D eigenvalue weighted by Gasteiger charge is -2.12. The van der Waals surface area contributed by atoms with E-state index in [0.29, 0.717) is 17.1 Å². The summed E-state index contributed by atoms with van der Waals surface area (Å²) in [5.41, 5.74) is 1.60. The van der Waals surface area contributed by atoms with Crippen molar-refractivity contribution in [1.29, 1.82) is 5.26 Å². The van der Waals surface area contributed by atoms with Gasteiger partial charge in [-0.05, 0) is 17.7 Å². The van der Waals surface area contributed by atoms with Crippen LogP contribution in [0, 0.1) is 11.3 Å². The Hall–Kier alpha value is -2.00. The van der Waals surface area contributed by atoms with Crippen molar-refractivity contribution in [3.05, 3.63) is 35.4 Å². The molecule has 1 aromatic rings. The molecule has 0 spiro atoms. The lowest BCUT2D eigenvalue weighted by Crippen LogP contribution is -2.41. The van der Waals surface area contributed by atoms with Crippen molar-refractivity contribution in [3.63, 3.8) is 0 Å². The van der Waals surface area contributed by atoms with Crippen molar-refractivity contribution in [3.8, 4) is 6.07 Å². The zero-order chi connectivity index (χ0) is 14.3. The number of hydrogen-bond donors (Lipinski definition) is 2. The Bertz CT molecular complexity index is 494. The van der Waals surface area contributed by atoms with Gasteiger partial charge in [-0.1, -0.05) is 12.1 Å². The summed E-state index contributed by atoms with van der Waals surface area (Å²) in [6.45, 7) is 1.29. The molecule has 0 aliphatic heterocycles. The van der Waals surface area contributed by atoms with Crippen LogP contribution in [0.2, 0.25) is 0 Å². The quantitative estimate of drug-likeness (QED) is 0.820. The van der Waals surface area contributed by atoms with E-state index in [1.165, 1.54) is 18.7 Å². The number of rotatable bonds is 6. The third-order valence-electron chi connectivity index (χ3n) is 2.31. The Labute approximate surface area is 115 Å². The molecule has 0 aromatic heterocycles. The predicted octanol–water partition coefficient (Wildman–Crippen LogP) is 1.38. The van der Waals surface area contributed by atoms with Crippen LogP contribution in [0.5, 0.6) is 0 Å². The van der Waals surface area contributed by atoms with Crippen LogP contribution in [0.15, 0.2) is 24.3 Å². The van der Waals surface area contributed by atoms with E-state index in [0.717, 1.165) is 5.56 Å². The highest BCUT2D eigenvalue weighted by Crippen LogP contribution is 2.14. The number of carbonyl (C=O) groups is 2. The maximum atomic E-state index is 10.9. The SMILES string of the molecule is CC(=O)NC(CSCc1ccc(C#N)cc1)C(=O)O. The van der Waals surface area contributed by atoms with Gasteiger partial charge in [-0.15, -0.1) is 0 Å². The van der Waals surface area contributed by atoms with Gasteiger partial charge in [0, 0.05) is 18.4 Å². The van der Waals surface area contributed by atoms with Gasteiger partial charge in [0.25, 0.3) is 0 Å². The fourth-order valence-corrected chi connectivity index (χ4v) is 2.40. The summed E-state index contributed by atoms with van der Waals surface area (Å²) >= 11 is 1.42. The number of nitriles is 1. The Morgan fingerprint density at radius 2 is 2.05 bits per heavy atom. The molecule has 1 rings (SSSR count). The van der Waals surface area contributed by atoms with E-state index in [1.807, 2.05) is 18.2 Å². The van der Waals surface area contributed by atoms with Gasteiger partial charge in [-0.25, -0.2) is 4.79 Å². The van der Waals surface area contributed by atoms with Crippen molar-refractivity contribution in [2.24, 2.45) is 0 Å². The molecule has 0 saturated heterocycles. The number of nitrogens with zero attached hydrogens (tertiary/aromatic N) is 1. The standard InChI is InChI=1S/C13H14N2O3S/c1-9(16)15-12(13(17)18)8-19-7-11-4-2-10(6-14)3-5-11/h2-5,12H,7-8H2,1H3,(H,15,16)(H,17,18). The van der Waals surface area contributed by atoms with E-state index >= 15 is 0 Å². The Kier molecular flexibility index (Phi) is 5.90. The molecule has 0 aliphatic carbocycles. The highest BCUT2D eigenvalue weighted by Gasteiger charge is 2.17. The molecular formula is C13H14N2O3S. The first kappa shape index (κ1) is 15.1. The zero-order valence-corrected chi connectivity index (χ0v) is 11.2. The average molecular weight is 278 g/mol. The summed E-state index contributed by atoms with van der Waals surface area (Å²) in [6, 6.07) is 8.27. The minimum absolute atomic E-state index is 0.301. The smallest absolute Gasteiger partial charge is 0.327 e. The van der Waals surface area contributed by atoms with E-state index < -0.39 is 12.0 Å². The molecule has 100 valence electrons. The first-order chi connectivity index (χ1) is 9.02. The van der Waals surface area contributed by atoms with Crippen molar-refractivity contribution in [2.75, 3.05) is 5.75 Å². The Balaban J connectivity index is 2.45. The average Bonchev–Trinajstić information content (AvgIpc) is 2.37. The van der Waals surface area contributed by atoms with Gasteiger partial charge >= 0.3 is 5.97 Å². The van der Waals surface area contributed by atoms with Gasteiger partial charge in [0.05, 0.1) is 11.6 Å². The van der Waals surface area contributed by atoms with Gasteiger partial charge in [-0.2, -0.15) is 17.0 Å². The van der Waals surface area contributed by atoms with Crippen LogP contribution in [-0.4, -0.2) is 28.8 Å². The molecule has 5 nitrogen and oxygen atoms in total. The number of carbonyl (C=O) groups excluding carboxylic acids is 1. The minimum Gasteiger partial charge on any atom is -0.480 e. The number of hydrogen-bond acceptors (Lipinski definition) is 4. The van der Waals surface area contributed by atoms with Crippen LogP contribution in [0.4, 0.5) is 0 Å². The van der Waals surface area contributed by atoms with Crippen LogP contribution in [0.1, 0.15) is 18.1 Å². The van der Waals surface area contributed by atoms with E-state index in [9.17, 15) is 9.59 Å². The van der Waals surface area contributed by atoms with Crippen LogP contribution in [0.3, 0.4) is 0 Å². The molecule has 0 fully saturated rings. The number of benzene rings is 1. The summed E-state index contributed by atoms with van der Waals surface area (Å²) in [5, 5.41) is 20.0. The fraction of sp³-hybridized carbons (Fsp3) is 0.308. The molecule has 19 heavy (non-hydrogen) atoms. The minimum atomic E-state index is -1.04. The highest BCUT2D eigenvalue weighted by atomic mass is 32.2. The molecule has 6 heteroatoms. The van der Waals surface area contributed by atoms with Crippen LogP contribution in [-0.2, 0) is 15.3 Å². The molecule has 0 saturated carbocycles. The van der Waals surface area contributed by atoms with Crippen molar-refractivity contribution < 1.29 is 14.7 Å². The largest absolute Gasteiger partial charge is 0.480 e. The van der Waals surface area contributed by atoms with Gasteiger partial charge in [0.15, 0.2) is 0 Å². The van der Waals surface area contributed by atoms with Gasteiger partial charge < -0.3 is 10.4 Å². The number of carboxylic acid groups (broad SMARTS) is 1. The first-order valence-electron chi connectivity index (χ1n) is 5.59. The van der Waals surface area contributed by atoms with E-state index in [2.05, 4.69) is 5.32 Å². The Morgan fingerprint density at radius 1 is 1.42 bits per heavy atom. The maximum absolute atomic E-state index is 10.9. The van der Waals surface area contributed by atoms with Gasteiger partial charge in [0.2, 0.25) is 5.91 Å². The zero-order valence-electron chi connectivity index (χ0n) is 10.4. The molecule has 1 amide bonds. The number of nitrogens with one attached hydrogen (secondary N) is 1. The van der Waals surface area contributed by atoms with E-state index in [-0.39, 0.29) is 5.91 Å². The van der Waals surface area contributed by atoms with Crippen molar-refractivity contribution >= 4 is 23.6 Å². The molecule has 0 radical (unpaired) electrons. The number of aliphatic carboxylic acids is 1. The third kappa shape index (κ3) is 5.44. The number of carboxylic acids is 1. The molecule has 1 atom stereocenters. The Morgan fingerprint density at radius 3 is 2.53 bits per heavy atom. The molecule has 1 unspecified atom stereocenters. The monoisotopic (exact) mass is 278 g/mol. The summed E-state index contributed by atoms with van der Waals surface area (Å²) in [4.78, 5) is 21.7. The lowest BCUT2D eigenvalue weighted by molar-refractivity contribution is -0.140. The predicted molar refractivity (Wildman–Crippen MR) is 72.6 cm³/mol. The van der Waals surface area contributed by atoms with Crippen LogP contribution >= 0.6 is 11.8 Å². The van der Waals surface area contributed by atoms with Crippen LogP contribution < -0.4 is 5.32 Å². The first-order valence-corrected chi connectivity index (χ1v) is 6.75. The maximum Gasteiger partial charge on any atom is 0.327 e. The van der Waals surface area contributed by atoms with Gasteiger partial charge in [0.1, 0.15) is 6.04 Å². The molecule has 0 bridgehead atoms. The van der Waals surface area contributed by atoms with Crippen molar-refractivity contribution in [2.45, 2.75) is 18.7 Å². The van der Waals surface area contributed by atoms with Crippen LogP contribution in [0.25, 0.3) is 0 Å². The van der Waals surface area contributed by atoms with Gasteiger partial charge in [-0.3, -0.25) is 4.79 Å². The molecule has 0 aliphatic rings. The molecule has 1 aromatic carbocycles. The highest BCUT2D eigenvalue weighted by molar-refractivity contribution is 7.98. The second-order valence-electron chi connectivity index (χ2n) is 3.92. The summed E-state index contributed by atoms with van der Waals surface area (Å²) < 4.78 is 0. The fourth-order valence-electron chi connectivity index (χ4n) is 1.39. The molecule has 0 heterocycles. The second kappa shape index (κ2) is 7.44. The third-order valence-corrected chi connectivity index (χ3v) is 3.42. The normalized spacial score (nSPS) is 11.4. The summed E-state index contributed by atoms with van der Waals surface area (Å²) in [5.74, 6) is -0.460.